The third-order valence-electron chi connectivity index (χ3n) is 1.87. The third-order valence-corrected chi connectivity index (χ3v) is 3.88. The van der Waals surface area contributed by atoms with Crippen molar-refractivity contribution in [3.8, 4) is 0 Å². The molecule has 1 rings (SSSR count). The van der Waals surface area contributed by atoms with Gasteiger partial charge in [0.2, 0.25) is 0 Å². The molecule has 3 N–H and O–H groups in total. The van der Waals surface area contributed by atoms with E-state index in [9.17, 15) is 13.2 Å². The van der Waals surface area contributed by atoms with Gasteiger partial charge >= 0.3 is 5.97 Å². The Kier molecular flexibility index (Phi) is 3.90. The maximum absolute atomic E-state index is 11.7. The molecule has 5 nitrogen and oxygen atoms in total. The fourth-order valence-corrected chi connectivity index (χ4v) is 2.72. The van der Waals surface area contributed by atoms with Crippen molar-refractivity contribution in [2.24, 2.45) is 5.73 Å². The summed E-state index contributed by atoms with van der Waals surface area (Å²) in [5.41, 5.74) is 5.17. The van der Waals surface area contributed by atoms with Crippen molar-refractivity contribution in [2.75, 3.05) is 5.75 Å². The lowest BCUT2D eigenvalue weighted by atomic mass is 10.4. The summed E-state index contributed by atoms with van der Waals surface area (Å²) in [6.45, 7) is 0. The minimum Gasteiger partial charge on any atom is -0.480 e. The summed E-state index contributed by atoms with van der Waals surface area (Å²) in [7, 11) is -3.72. The first-order chi connectivity index (χ1) is 7.33. The molecule has 0 radical (unpaired) electrons. The van der Waals surface area contributed by atoms with Gasteiger partial charge in [-0.15, -0.1) is 0 Å². The van der Waals surface area contributed by atoms with Crippen molar-refractivity contribution in [2.45, 2.75) is 10.9 Å². The highest BCUT2D eigenvalue weighted by Crippen LogP contribution is 2.17. The van der Waals surface area contributed by atoms with E-state index in [4.69, 9.17) is 22.4 Å². The number of carboxylic acids is 1. The van der Waals surface area contributed by atoms with Gasteiger partial charge in [-0.25, -0.2) is 8.42 Å². The molecule has 1 aromatic carbocycles. The van der Waals surface area contributed by atoms with Gasteiger partial charge < -0.3 is 10.8 Å². The molecule has 0 aromatic heterocycles. The highest BCUT2D eigenvalue weighted by molar-refractivity contribution is 7.91. The molecule has 1 unspecified atom stereocenters. The van der Waals surface area contributed by atoms with E-state index in [-0.39, 0.29) is 9.92 Å². The summed E-state index contributed by atoms with van der Waals surface area (Å²) in [6, 6.07) is 4.16. The normalized spacial score (nSPS) is 13.4. The molecular weight excluding hydrogens is 254 g/mol. The molecule has 88 valence electrons. The SMILES string of the molecule is NC(CS(=O)(=O)c1cccc(Cl)c1)C(=O)O. The lowest BCUT2D eigenvalue weighted by Crippen LogP contribution is -2.37. The molecule has 1 aromatic rings. The fraction of sp³-hybridized carbons (Fsp3) is 0.222. The van der Waals surface area contributed by atoms with Crippen molar-refractivity contribution in [1.29, 1.82) is 0 Å². The molecule has 0 aliphatic carbocycles. The van der Waals surface area contributed by atoms with Gasteiger partial charge in [0.05, 0.1) is 10.6 Å². The Morgan fingerprint density at radius 3 is 2.62 bits per heavy atom. The highest BCUT2D eigenvalue weighted by atomic mass is 35.5. The number of sulfone groups is 1. The lowest BCUT2D eigenvalue weighted by Gasteiger charge is -2.07. The average Bonchev–Trinajstić information content (AvgIpc) is 2.17. The van der Waals surface area contributed by atoms with E-state index in [1.54, 1.807) is 0 Å². The fourth-order valence-electron chi connectivity index (χ4n) is 1.06. The van der Waals surface area contributed by atoms with Gasteiger partial charge in [-0.2, -0.15) is 0 Å². The van der Waals surface area contributed by atoms with Gasteiger partial charge in [0.1, 0.15) is 6.04 Å². The smallest absolute Gasteiger partial charge is 0.321 e. The van der Waals surface area contributed by atoms with Crippen LogP contribution in [0.5, 0.6) is 0 Å². The van der Waals surface area contributed by atoms with Crippen LogP contribution in [0, 0.1) is 0 Å². The zero-order valence-corrected chi connectivity index (χ0v) is 9.70. The second-order valence-corrected chi connectivity index (χ2v) is 5.65. The highest BCUT2D eigenvalue weighted by Gasteiger charge is 2.23. The number of halogens is 1. The molecule has 16 heavy (non-hydrogen) atoms. The molecule has 0 fully saturated rings. The Balaban J connectivity index is 2.99. The molecule has 0 heterocycles. The topological polar surface area (TPSA) is 97.5 Å². The first-order valence-corrected chi connectivity index (χ1v) is 6.32. The van der Waals surface area contributed by atoms with Crippen LogP contribution in [0.1, 0.15) is 0 Å². The second kappa shape index (κ2) is 4.82. The minimum absolute atomic E-state index is 0.0308. The summed E-state index contributed by atoms with van der Waals surface area (Å²) < 4.78 is 23.4. The zero-order valence-electron chi connectivity index (χ0n) is 8.13. The van der Waals surface area contributed by atoms with Crippen LogP contribution in [0.25, 0.3) is 0 Å². The van der Waals surface area contributed by atoms with E-state index < -0.39 is 27.6 Å². The molecule has 7 heteroatoms. The Morgan fingerprint density at radius 1 is 1.50 bits per heavy atom. The number of aliphatic carboxylic acids is 1. The van der Waals surface area contributed by atoms with Crippen LogP contribution in [0.2, 0.25) is 5.02 Å². The van der Waals surface area contributed by atoms with E-state index in [1.165, 1.54) is 24.3 Å². The van der Waals surface area contributed by atoms with Gasteiger partial charge in [0.15, 0.2) is 9.84 Å². The summed E-state index contributed by atoms with van der Waals surface area (Å²) >= 11 is 5.64. The minimum atomic E-state index is -3.72. The maximum atomic E-state index is 11.7. The Hall–Kier alpha value is -1.11. The van der Waals surface area contributed by atoms with Gasteiger partial charge in [-0.3, -0.25) is 4.79 Å². The third kappa shape index (κ3) is 3.19. The summed E-state index contributed by atoms with van der Waals surface area (Å²) in [4.78, 5) is 10.4. The van der Waals surface area contributed by atoms with Gasteiger partial charge in [-0.1, -0.05) is 17.7 Å². The van der Waals surface area contributed by atoms with E-state index in [0.717, 1.165) is 0 Å². The summed E-state index contributed by atoms with van der Waals surface area (Å²) in [5, 5.41) is 8.80. The molecule has 0 spiro atoms. The summed E-state index contributed by atoms with van der Waals surface area (Å²) in [6.07, 6.45) is 0. The average molecular weight is 264 g/mol. The van der Waals surface area contributed by atoms with Crippen LogP contribution in [0.15, 0.2) is 29.2 Å². The van der Waals surface area contributed by atoms with Crippen LogP contribution in [-0.4, -0.2) is 31.3 Å². The van der Waals surface area contributed by atoms with Crippen molar-refractivity contribution in [3.63, 3.8) is 0 Å². The molecule has 0 amide bonds. The number of carboxylic acid groups (broad SMARTS) is 1. The van der Waals surface area contributed by atoms with Gasteiger partial charge in [0, 0.05) is 5.02 Å². The lowest BCUT2D eigenvalue weighted by molar-refractivity contribution is -0.137. The monoisotopic (exact) mass is 263 g/mol. The zero-order chi connectivity index (χ0) is 12.3. The van der Waals surface area contributed by atoms with Crippen molar-refractivity contribution >= 4 is 27.4 Å². The molecule has 0 saturated heterocycles. The number of nitrogens with two attached hydrogens (primary N) is 1. The molecule has 0 aliphatic rings. The molecule has 1 atom stereocenters. The van der Waals surface area contributed by atoms with Crippen molar-refractivity contribution < 1.29 is 18.3 Å². The van der Waals surface area contributed by atoms with Crippen LogP contribution in [0.3, 0.4) is 0 Å². The number of carbonyl (C=O) groups is 1. The predicted octanol–water partition coefficient (Wildman–Crippen LogP) is 0.526. The van der Waals surface area contributed by atoms with Crippen LogP contribution >= 0.6 is 11.6 Å². The van der Waals surface area contributed by atoms with Crippen molar-refractivity contribution in [1.82, 2.24) is 0 Å². The quantitative estimate of drug-likeness (QED) is 0.826. The number of hydrogen-bond donors (Lipinski definition) is 2. The number of benzene rings is 1. The Bertz CT molecular complexity index is 500. The van der Waals surface area contributed by atoms with Crippen molar-refractivity contribution in [3.05, 3.63) is 29.3 Å². The Morgan fingerprint density at radius 2 is 2.12 bits per heavy atom. The predicted molar refractivity (Wildman–Crippen MR) is 59.1 cm³/mol. The number of rotatable bonds is 4. The second-order valence-electron chi connectivity index (χ2n) is 3.18. The molecular formula is C9H10ClNO4S. The molecule has 0 bridgehead atoms. The molecule has 0 saturated carbocycles. The van der Waals surface area contributed by atoms with Gasteiger partial charge in [-0.05, 0) is 18.2 Å². The number of hydrogen-bond acceptors (Lipinski definition) is 4. The van der Waals surface area contributed by atoms with Crippen LogP contribution < -0.4 is 5.73 Å². The standard InChI is InChI=1S/C9H10ClNO4S/c10-6-2-1-3-7(4-6)16(14,15)5-8(11)9(12)13/h1-4,8H,5,11H2,(H,12,13). The largest absolute Gasteiger partial charge is 0.480 e. The maximum Gasteiger partial charge on any atom is 0.321 e. The van der Waals surface area contributed by atoms with Crippen LogP contribution in [0.4, 0.5) is 0 Å². The van der Waals surface area contributed by atoms with Gasteiger partial charge in [0.25, 0.3) is 0 Å². The first-order valence-electron chi connectivity index (χ1n) is 4.29. The van der Waals surface area contributed by atoms with E-state index in [1.807, 2.05) is 0 Å². The van der Waals surface area contributed by atoms with E-state index in [2.05, 4.69) is 0 Å². The Labute approximate surface area is 97.8 Å². The van der Waals surface area contributed by atoms with Crippen LogP contribution in [-0.2, 0) is 14.6 Å². The summed E-state index contributed by atoms with van der Waals surface area (Å²) in [5.74, 6) is -2.01. The van der Waals surface area contributed by atoms with E-state index in [0.29, 0.717) is 0 Å². The van der Waals surface area contributed by atoms with E-state index >= 15 is 0 Å². The first kappa shape index (κ1) is 13.0. The molecule has 0 aliphatic heterocycles.